The van der Waals surface area contributed by atoms with Gasteiger partial charge in [0.15, 0.2) is 0 Å². The van der Waals surface area contributed by atoms with E-state index < -0.39 is 12.0 Å². The molecular weight excluding hydrogens is 294 g/mol. The van der Waals surface area contributed by atoms with Gasteiger partial charge in [-0.1, -0.05) is 23.7 Å². The van der Waals surface area contributed by atoms with E-state index in [0.29, 0.717) is 24.5 Å². The van der Waals surface area contributed by atoms with Crippen molar-refractivity contribution in [1.29, 1.82) is 0 Å². The average Bonchev–Trinajstić information content (AvgIpc) is 2.90. The first-order valence-electron chi connectivity index (χ1n) is 6.40. The van der Waals surface area contributed by atoms with Crippen LogP contribution in [-0.2, 0) is 24.3 Å². The van der Waals surface area contributed by atoms with Crippen molar-refractivity contribution < 1.29 is 9.90 Å². The van der Waals surface area contributed by atoms with Gasteiger partial charge in [-0.2, -0.15) is 0 Å². The minimum atomic E-state index is -0.762. The lowest BCUT2D eigenvalue weighted by Crippen LogP contribution is -2.44. The first-order valence-corrected chi connectivity index (χ1v) is 7.66. The molecule has 0 saturated carbocycles. The van der Waals surface area contributed by atoms with Gasteiger partial charge < -0.3 is 5.11 Å². The van der Waals surface area contributed by atoms with Gasteiger partial charge in [0, 0.05) is 23.0 Å². The second-order valence-electron chi connectivity index (χ2n) is 4.96. The van der Waals surface area contributed by atoms with E-state index in [1.807, 2.05) is 40.6 Å². The fourth-order valence-corrected chi connectivity index (χ4v) is 3.54. The molecule has 5 heteroatoms. The average molecular weight is 308 g/mol. The minimum Gasteiger partial charge on any atom is -0.480 e. The molecular formula is C15H14ClNO2S. The fraction of sp³-hybridized carbons (Fsp3) is 0.267. The van der Waals surface area contributed by atoms with Crippen molar-refractivity contribution in [3.8, 4) is 0 Å². The van der Waals surface area contributed by atoms with E-state index >= 15 is 0 Å². The summed E-state index contributed by atoms with van der Waals surface area (Å²) in [5, 5.41) is 12.2. The van der Waals surface area contributed by atoms with Gasteiger partial charge in [0.05, 0.1) is 0 Å². The van der Waals surface area contributed by atoms with Crippen LogP contribution in [0.1, 0.15) is 16.0 Å². The number of fused-ring (bicyclic) bond motifs is 1. The maximum absolute atomic E-state index is 11.5. The fourth-order valence-electron chi connectivity index (χ4n) is 2.62. The quantitative estimate of drug-likeness (QED) is 0.944. The third-order valence-electron chi connectivity index (χ3n) is 3.62. The Bertz CT molecular complexity index is 627. The Kier molecular flexibility index (Phi) is 3.78. The van der Waals surface area contributed by atoms with Crippen LogP contribution in [0.3, 0.4) is 0 Å². The molecule has 0 unspecified atom stereocenters. The zero-order chi connectivity index (χ0) is 14.1. The highest BCUT2D eigenvalue weighted by molar-refractivity contribution is 7.09. The lowest BCUT2D eigenvalue weighted by molar-refractivity contribution is -0.144. The van der Waals surface area contributed by atoms with Crippen LogP contribution in [0.5, 0.6) is 0 Å². The molecule has 1 aromatic heterocycles. The second-order valence-corrected chi connectivity index (χ2v) is 6.42. The van der Waals surface area contributed by atoms with Crippen molar-refractivity contribution in [2.24, 2.45) is 0 Å². The largest absolute Gasteiger partial charge is 0.480 e. The number of halogens is 1. The second kappa shape index (κ2) is 5.56. The first-order chi connectivity index (χ1) is 9.63. The molecule has 2 heterocycles. The molecule has 0 amide bonds. The van der Waals surface area contributed by atoms with Crippen molar-refractivity contribution in [3.05, 3.63) is 56.7 Å². The first kappa shape index (κ1) is 13.6. The normalized spacial score (nSPS) is 18.8. The van der Waals surface area contributed by atoms with E-state index in [4.69, 9.17) is 11.6 Å². The van der Waals surface area contributed by atoms with Crippen LogP contribution in [0.2, 0.25) is 5.02 Å². The Morgan fingerprint density at radius 2 is 2.25 bits per heavy atom. The predicted octanol–water partition coefficient (Wildman–Crippen LogP) is 3.41. The standard InChI is InChI=1S/C15H14ClNO2S/c16-12-4-3-10-7-14(15(18)19)17(8-11(10)6-12)9-13-2-1-5-20-13/h1-6,14H,7-9H2,(H,18,19)/t14-/m0/s1. The molecule has 3 rings (SSSR count). The minimum absolute atomic E-state index is 0.467. The topological polar surface area (TPSA) is 40.5 Å². The summed E-state index contributed by atoms with van der Waals surface area (Å²) in [5.74, 6) is -0.762. The van der Waals surface area contributed by atoms with Crippen LogP contribution in [0.25, 0.3) is 0 Å². The molecule has 0 bridgehead atoms. The van der Waals surface area contributed by atoms with Crippen molar-refractivity contribution >= 4 is 28.9 Å². The van der Waals surface area contributed by atoms with E-state index in [9.17, 15) is 9.90 Å². The monoisotopic (exact) mass is 307 g/mol. The molecule has 20 heavy (non-hydrogen) atoms. The smallest absolute Gasteiger partial charge is 0.321 e. The molecule has 3 nitrogen and oxygen atoms in total. The third kappa shape index (κ3) is 2.73. The molecule has 0 fully saturated rings. The van der Waals surface area contributed by atoms with Crippen LogP contribution in [0, 0.1) is 0 Å². The lowest BCUT2D eigenvalue weighted by Gasteiger charge is -2.34. The van der Waals surface area contributed by atoms with Gasteiger partial charge in [-0.05, 0) is 41.1 Å². The third-order valence-corrected chi connectivity index (χ3v) is 4.72. The number of nitrogens with zero attached hydrogens (tertiary/aromatic N) is 1. The van der Waals surface area contributed by atoms with Crippen LogP contribution >= 0.6 is 22.9 Å². The van der Waals surface area contributed by atoms with Crippen molar-refractivity contribution in [2.45, 2.75) is 25.6 Å². The van der Waals surface area contributed by atoms with Crippen molar-refractivity contribution in [2.75, 3.05) is 0 Å². The number of carbonyl (C=O) groups is 1. The van der Waals surface area contributed by atoms with E-state index in [-0.39, 0.29) is 0 Å². The summed E-state index contributed by atoms with van der Waals surface area (Å²) in [6, 6.07) is 9.27. The molecule has 1 aliphatic heterocycles. The molecule has 0 saturated heterocycles. The van der Waals surface area contributed by atoms with Crippen molar-refractivity contribution in [1.82, 2.24) is 4.90 Å². The summed E-state index contributed by atoms with van der Waals surface area (Å²) in [6.45, 7) is 1.30. The van der Waals surface area contributed by atoms with Crippen LogP contribution in [-0.4, -0.2) is 22.0 Å². The Morgan fingerprint density at radius 1 is 1.40 bits per heavy atom. The van der Waals surface area contributed by atoms with Gasteiger partial charge >= 0.3 is 5.97 Å². The molecule has 2 aromatic rings. The number of thiophene rings is 1. The highest BCUT2D eigenvalue weighted by Crippen LogP contribution is 2.28. The van der Waals surface area contributed by atoms with E-state index in [2.05, 4.69) is 0 Å². The number of aliphatic carboxylic acids is 1. The van der Waals surface area contributed by atoms with Gasteiger partial charge in [0.25, 0.3) is 0 Å². The molecule has 0 radical (unpaired) electrons. The number of carboxylic acid groups (broad SMARTS) is 1. The number of carboxylic acids is 1. The van der Waals surface area contributed by atoms with E-state index in [1.54, 1.807) is 11.3 Å². The molecule has 0 spiro atoms. The summed E-state index contributed by atoms with van der Waals surface area (Å²) in [6.07, 6.45) is 0.535. The summed E-state index contributed by atoms with van der Waals surface area (Å²) in [4.78, 5) is 14.7. The molecule has 1 aliphatic rings. The Labute approximate surface area is 126 Å². The maximum atomic E-state index is 11.5. The zero-order valence-electron chi connectivity index (χ0n) is 10.8. The van der Waals surface area contributed by atoms with Gasteiger partial charge in [-0.3, -0.25) is 9.69 Å². The van der Waals surface area contributed by atoms with Gasteiger partial charge in [-0.25, -0.2) is 0 Å². The van der Waals surface area contributed by atoms with Crippen LogP contribution < -0.4 is 0 Å². The number of benzene rings is 1. The summed E-state index contributed by atoms with van der Waals surface area (Å²) < 4.78 is 0. The van der Waals surface area contributed by atoms with Crippen molar-refractivity contribution in [3.63, 3.8) is 0 Å². The van der Waals surface area contributed by atoms with Crippen LogP contribution in [0.15, 0.2) is 35.7 Å². The maximum Gasteiger partial charge on any atom is 0.321 e. The molecule has 104 valence electrons. The Balaban J connectivity index is 1.89. The lowest BCUT2D eigenvalue weighted by atomic mass is 9.94. The zero-order valence-corrected chi connectivity index (χ0v) is 12.3. The van der Waals surface area contributed by atoms with E-state index in [0.717, 1.165) is 11.1 Å². The highest BCUT2D eigenvalue weighted by Gasteiger charge is 2.31. The summed E-state index contributed by atoms with van der Waals surface area (Å²) in [5.41, 5.74) is 2.22. The van der Waals surface area contributed by atoms with E-state index in [1.165, 1.54) is 4.88 Å². The summed E-state index contributed by atoms with van der Waals surface area (Å²) >= 11 is 7.69. The number of hydrogen-bond acceptors (Lipinski definition) is 3. The molecule has 0 aliphatic carbocycles. The number of rotatable bonds is 3. The highest BCUT2D eigenvalue weighted by atomic mass is 35.5. The Morgan fingerprint density at radius 3 is 2.95 bits per heavy atom. The molecule has 1 aromatic carbocycles. The predicted molar refractivity (Wildman–Crippen MR) is 80.1 cm³/mol. The SMILES string of the molecule is O=C(O)[C@@H]1Cc2ccc(Cl)cc2CN1Cc1cccs1. The molecule has 1 N–H and O–H groups in total. The Hall–Kier alpha value is -1.36. The van der Waals surface area contributed by atoms with Gasteiger partial charge in [-0.15, -0.1) is 11.3 Å². The summed E-state index contributed by atoms with van der Waals surface area (Å²) in [7, 11) is 0. The number of hydrogen-bond donors (Lipinski definition) is 1. The van der Waals surface area contributed by atoms with Gasteiger partial charge in [0.2, 0.25) is 0 Å². The molecule has 1 atom stereocenters. The van der Waals surface area contributed by atoms with Gasteiger partial charge in [0.1, 0.15) is 6.04 Å². The van der Waals surface area contributed by atoms with Crippen LogP contribution in [0.4, 0.5) is 0 Å².